The van der Waals surface area contributed by atoms with Crippen molar-refractivity contribution in [2.45, 2.75) is 45.8 Å². The van der Waals surface area contributed by atoms with Crippen LogP contribution in [0.3, 0.4) is 0 Å². The lowest BCUT2D eigenvalue weighted by Gasteiger charge is -2.24. The maximum absolute atomic E-state index is 6.19. The van der Waals surface area contributed by atoms with E-state index in [2.05, 4.69) is 86.8 Å². The number of hydrogen-bond acceptors (Lipinski definition) is 5. The fraction of sp³-hybridized carbons (Fsp3) is 0.297. The van der Waals surface area contributed by atoms with Gasteiger partial charge in [0.25, 0.3) is 0 Å². The molecule has 0 aliphatic heterocycles. The van der Waals surface area contributed by atoms with E-state index in [1.54, 1.807) is 14.2 Å². The van der Waals surface area contributed by atoms with E-state index < -0.39 is 0 Å². The van der Waals surface area contributed by atoms with Crippen molar-refractivity contribution in [3.8, 4) is 23.0 Å². The Labute approximate surface area is 251 Å². The average Bonchev–Trinajstić information content (AvgIpc) is 3.01. The minimum absolute atomic E-state index is 0.0486. The Morgan fingerprint density at radius 1 is 0.643 bits per heavy atom. The molecule has 42 heavy (non-hydrogen) atoms. The first-order valence-electron chi connectivity index (χ1n) is 14.5. The summed E-state index contributed by atoms with van der Waals surface area (Å²) in [5.74, 6) is 2.99. The average molecular weight is 566 g/mol. The molecule has 0 aromatic heterocycles. The molecule has 220 valence electrons. The molecule has 4 aromatic carbocycles. The van der Waals surface area contributed by atoms with E-state index in [9.17, 15) is 0 Å². The van der Waals surface area contributed by atoms with Gasteiger partial charge in [-0.15, -0.1) is 0 Å². The van der Waals surface area contributed by atoms with Crippen LogP contribution in [0, 0.1) is 0 Å². The molecule has 5 nitrogen and oxygen atoms in total. The fourth-order valence-electron chi connectivity index (χ4n) is 4.70. The van der Waals surface area contributed by atoms with Gasteiger partial charge in [0.15, 0.2) is 23.0 Å². The predicted molar refractivity (Wildman–Crippen MR) is 172 cm³/mol. The third-order valence-electron chi connectivity index (χ3n) is 7.00. The number of nitrogens with one attached hydrogen (secondary N) is 1. The molecule has 4 aromatic rings. The zero-order chi connectivity index (χ0) is 29.8. The molecular weight excluding hydrogens is 522 g/mol. The lowest BCUT2D eigenvalue weighted by Crippen LogP contribution is -2.17. The van der Waals surface area contributed by atoms with Crippen LogP contribution in [0.2, 0.25) is 0 Å². The molecule has 0 aliphatic carbocycles. The maximum atomic E-state index is 6.19. The van der Waals surface area contributed by atoms with Gasteiger partial charge in [-0.05, 0) is 70.5 Å². The minimum atomic E-state index is -0.0486. The summed E-state index contributed by atoms with van der Waals surface area (Å²) in [5.41, 5.74) is 5.73. The number of benzene rings is 4. The van der Waals surface area contributed by atoms with Crippen LogP contribution in [0.4, 0.5) is 0 Å². The van der Waals surface area contributed by atoms with Crippen LogP contribution in [-0.4, -0.2) is 27.3 Å². The van der Waals surface area contributed by atoms with Crippen LogP contribution in [-0.2, 0) is 25.0 Å². The van der Waals surface area contributed by atoms with Crippen molar-refractivity contribution in [3.05, 3.63) is 125 Å². The van der Waals surface area contributed by atoms with Gasteiger partial charge < -0.3 is 24.3 Å². The highest BCUT2D eigenvalue weighted by Gasteiger charge is 2.20. The van der Waals surface area contributed by atoms with Crippen LogP contribution in [0.25, 0.3) is 6.08 Å². The molecule has 0 atom stereocenters. The zero-order valence-electron chi connectivity index (χ0n) is 25.5. The SMILES string of the molecule is COc1ccc(CCNC/C=C/c2cc(OCc3ccccc3)c(OC)cc2C(C)(C)C)cc1OCc1ccccc1. The molecule has 0 radical (unpaired) electrons. The van der Waals surface area contributed by atoms with Crippen molar-refractivity contribution in [2.24, 2.45) is 0 Å². The highest BCUT2D eigenvalue weighted by atomic mass is 16.5. The number of hydrogen-bond donors (Lipinski definition) is 1. The lowest BCUT2D eigenvalue weighted by molar-refractivity contribution is 0.284. The molecule has 0 bridgehead atoms. The standard InChI is InChI=1S/C37H43NO4/c1-37(2,3)32-25-34(40-5)36(42-27-30-15-10-7-11-16-30)24-31(32)17-12-21-38-22-20-28-18-19-33(39-4)35(23-28)41-26-29-13-8-6-9-14-29/h6-19,23-25,38H,20-22,26-27H2,1-5H3/b17-12+. The Balaban J connectivity index is 1.36. The van der Waals surface area contributed by atoms with Crippen molar-refractivity contribution < 1.29 is 18.9 Å². The predicted octanol–water partition coefficient (Wildman–Crippen LogP) is 8.00. The molecule has 0 amide bonds. The van der Waals surface area contributed by atoms with Crippen LogP contribution in [0.1, 0.15) is 48.6 Å². The highest BCUT2D eigenvalue weighted by molar-refractivity contribution is 5.62. The molecule has 0 spiro atoms. The summed E-state index contributed by atoms with van der Waals surface area (Å²) < 4.78 is 23.5. The first-order valence-corrected chi connectivity index (χ1v) is 14.5. The zero-order valence-corrected chi connectivity index (χ0v) is 25.5. The lowest BCUT2D eigenvalue weighted by atomic mass is 9.83. The van der Waals surface area contributed by atoms with E-state index in [0.717, 1.165) is 59.2 Å². The largest absolute Gasteiger partial charge is 0.493 e. The van der Waals surface area contributed by atoms with Crippen molar-refractivity contribution in [1.29, 1.82) is 0 Å². The molecule has 0 saturated heterocycles. The van der Waals surface area contributed by atoms with E-state index in [-0.39, 0.29) is 5.41 Å². The van der Waals surface area contributed by atoms with Crippen molar-refractivity contribution in [3.63, 3.8) is 0 Å². The minimum Gasteiger partial charge on any atom is -0.493 e. The van der Waals surface area contributed by atoms with Crippen molar-refractivity contribution in [2.75, 3.05) is 27.3 Å². The van der Waals surface area contributed by atoms with Crippen LogP contribution in [0.5, 0.6) is 23.0 Å². The van der Waals surface area contributed by atoms with Crippen molar-refractivity contribution in [1.82, 2.24) is 5.32 Å². The molecular formula is C37H43NO4. The Kier molecular flexibility index (Phi) is 11.1. The van der Waals surface area contributed by atoms with E-state index >= 15 is 0 Å². The van der Waals surface area contributed by atoms with E-state index in [4.69, 9.17) is 18.9 Å². The Morgan fingerprint density at radius 2 is 1.24 bits per heavy atom. The summed E-state index contributed by atoms with van der Waals surface area (Å²) in [7, 11) is 3.36. The van der Waals surface area contributed by atoms with E-state index in [1.807, 2.05) is 42.5 Å². The van der Waals surface area contributed by atoms with Crippen LogP contribution >= 0.6 is 0 Å². The third kappa shape index (κ3) is 8.89. The van der Waals surface area contributed by atoms with Gasteiger partial charge in [0.1, 0.15) is 13.2 Å². The van der Waals surface area contributed by atoms with Crippen LogP contribution in [0.15, 0.2) is 97.1 Å². The number of rotatable bonds is 14. The molecule has 0 saturated carbocycles. The smallest absolute Gasteiger partial charge is 0.162 e. The molecule has 0 unspecified atom stereocenters. The van der Waals surface area contributed by atoms with Crippen LogP contribution < -0.4 is 24.3 Å². The summed E-state index contributed by atoms with van der Waals surface area (Å²) >= 11 is 0. The Bertz CT molecular complexity index is 1430. The topological polar surface area (TPSA) is 49.0 Å². The highest BCUT2D eigenvalue weighted by Crippen LogP contribution is 2.37. The molecule has 5 heteroatoms. The fourth-order valence-corrected chi connectivity index (χ4v) is 4.70. The van der Waals surface area contributed by atoms with Gasteiger partial charge in [-0.25, -0.2) is 0 Å². The molecule has 4 rings (SSSR count). The maximum Gasteiger partial charge on any atom is 0.162 e. The second-order valence-corrected chi connectivity index (χ2v) is 11.2. The monoisotopic (exact) mass is 565 g/mol. The van der Waals surface area contributed by atoms with Gasteiger partial charge >= 0.3 is 0 Å². The molecule has 1 N–H and O–H groups in total. The normalized spacial score (nSPS) is 11.5. The summed E-state index contributed by atoms with van der Waals surface area (Å²) in [6, 6.07) is 30.7. The first kappa shape index (κ1) is 30.7. The summed E-state index contributed by atoms with van der Waals surface area (Å²) in [4.78, 5) is 0. The summed E-state index contributed by atoms with van der Waals surface area (Å²) in [6.07, 6.45) is 5.22. The summed E-state index contributed by atoms with van der Waals surface area (Å²) in [6.45, 7) is 9.24. The summed E-state index contributed by atoms with van der Waals surface area (Å²) in [5, 5.41) is 3.54. The molecule has 0 aliphatic rings. The second-order valence-electron chi connectivity index (χ2n) is 11.2. The van der Waals surface area contributed by atoms with Gasteiger partial charge in [0, 0.05) is 6.54 Å². The number of ether oxygens (including phenoxy) is 4. The third-order valence-corrected chi connectivity index (χ3v) is 7.00. The second kappa shape index (κ2) is 15.1. The quantitative estimate of drug-likeness (QED) is 0.157. The Morgan fingerprint density at radius 3 is 1.81 bits per heavy atom. The van der Waals surface area contributed by atoms with Gasteiger partial charge in [-0.3, -0.25) is 0 Å². The van der Waals surface area contributed by atoms with Gasteiger partial charge in [-0.1, -0.05) is 99.7 Å². The van der Waals surface area contributed by atoms with Gasteiger partial charge in [-0.2, -0.15) is 0 Å². The van der Waals surface area contributed by atoms with Gasteiger partial charge in [0.05, 0.1) is 14.2 Å². The molecule has 0 heterocycles. The van der Waals surface area contributed by atoms with E-state index in [1.165, 1.54) is 11.1 Å². The van der Waals surface area contributed by atoms with Gasteiger partial charge in [0.2, 0.25) is 0 Å². The Hall–Kier alpha value is -4.22. The van der Waals surface area contributed by atoms with E-state index in [0.29, 0.717) is 13.2 Å². The molecule has 0 fully saturated rings. The number of methoxy groups -OCH3 is 2. The first-order chi connectivity index (χ1) is 20.4. The van der Waals surface area contributed by atoms with Crippen molar-refractivity contribution >= 4 is 6.08 Å².